The molecule has 3 heterocycles. The lowest BCUT2D eigenvalue weighted by Crippen LogP contribution is -2.48. The first-order valence-corrected chi connectivity index (χ1v) is 14.1. The van der Waals surface area contributed by atoms with E-state index in [1.54, 1.807) is 24.4 Å². The molecule has 7 nitrogen and oxygen atoms in total. The van der Waals surface area contributed by atoms with E-state index in [0.717, 1.165) is 27.3 Å². The average Bonchev–Trinajstić information content (AvgIpc) is 3.26. The van der Waals surface area contributed by atoms with Crippen molar-refractivity contribution in [1.82, 2.24) is 13.9 Å². The van der Waals surface area contributed by atoms with Gasteiger partial charge in [-0.05, 0) is 49.7 Å². The standard InChI is InChI=1S/C27H28N4O3S2/c1-20-16-30(17-21(2)34-20)36(32,33)25-12-6-9-23(14-25)26-19-35-27(29-24-10-4-3-5-11-24)31(26)18-22-8-7-13-28-15-22/h3-15,19-21H,16-18H2,1-2H3. The molecule has 0 bridgehead atoms. The summed E-state index contributed by atoms with van der Waals surface area (Å²) in [5, 5.41) is 2.03. The summed E-state index contributed by atoms with van der Waals surface area (Å²) < 4.78 is 36.4. The Morgan fingerprint density at radius 1 is 1.03 bits per heavy atom. The summed E-state index contributed by atoms with van der Waals surface area (Å²) in [6, 6.07) is 20.9. The minimum atomic E-state index is -3.66. The summed E-state index contributed by atoms with van der Waals surface area (Å²) in [4.78, 5) is 10.2. The maximum absolute atomic E-state index is 13.5. The van der Waals surface area contributed by atoms with E-state index < -0.39 is 10.0 Å². The Balaban J connectivity index is 1.57. The molecule has 2 aromatic carbocycles. The quantitative estimate of drug-likeness (QED) is 0.370. The smallest absolute Gasteiger partial charge is 0.243 e. The fraction of sp³-hybridized carbons (Fsp3) is 0.259. The van der Waals surface area contributed by atoms with Crippen molar-refractivity contribution in [3.63, 3.8) is 0 Å². The van der Waals surface area contributed by atoms with Gasteiger partial charge < -0.3 is 9.30 Å². The first kappa shape index (κ1) is 24.6. The van der Waals surface area contributed by atoms with E-state index in [4.69, 9.17) is 9.73 Å². The van der Waals surface area contributed by atoms with Crippen LogP contribution in [0.3, 0.4) is 0 Å². The maximum atomic E-state index is 13.5. The summed E-state index contributed by atoms with van der Waals surface area (Å²) in [5.74, 6) is 0. The SMILES string of the molecule is CC1CN(S(=O)(=O)c2cccc(-c3csc(=Nc4ccccc4)n3Cc3cccnc3)c2)CC(C)O1. The first-order chi connectivity index (χ1) is 17.4. The Kier molecular flexibility index (Phi) is 7.15. The van der Waals surface area contributed by atoms with Crippen LogP contribution in [0.25, 0.3) is 11.3 Å². The number of hydrogen-bond acceptors (Lipinski definition) is 6. The molecule has 4 aromatic rings. The third-order valence-corrected chi connectivity index (χ3v) is 8.69. The normalized spacial score (nSPS) is 19.4. The average molecular weight is 521 g/mol. The van der Waals surface area contributed by atoms with Gasteiger partial charge >= 0.3 is 0 Å². The third-order valence-electron chi connectivity index (χ3n) is 6.00. The fourth-order valence-electron chi connectivity index (χ4n) is 4.38. The molecular formula is C27H28N4O3S2. The molecule has 1 saturated heterocycles. The van der Waals surface area contributed by atoms with Gasteiger partial charge in [0.05, 0.1) is 35.0 Å². The van der Waals surface area contributed by atoms with Gasteiger partial charge in [-0.3, -0.25) is 4.98 Å². The molecule has 1 aliphatic rings. The molecule has 0 spiro atoms. The lowest BCUT2D eigenvalue weighted by Gasteiger charge is -2.34. The Hall–Kier alpha value is -3.11. The maximum Gasteiger partial charge on any atom is 0.243 e. The molecule has 0 aliphatic carbocycles. The molecule has 2 atom stereocenters. The Morgan fingerprint density at radius 2 is 1.81 bits per heavy atom. The van der Waals surface area contributed by atoms with Crippen LogP contribution in [0.1, 0.15) is 19.4 Å². The molecular weight excluding hydrogens is 492 g/mol. The second-order valence-electron chi connectivity index (χ2n) is 8.91. The van der Waals surface area contributed by atoms with E-state index in [2.05, 4.69) is 9.55 Å². The zero-order chi connectivity index (χ0) is 25.1. The molecule has 9 heteroatoms. The number of pyridine rings is 1. The number of rotatable bonds is 6. The third kappa shape index (κ3) is 5.34. The van der Waals surface area contributed by atoms with Crippen molar-refractivity contribution in [3.8, 4) is 11.3 Å². The van der Waals surface area contributed by atoms with Crippen molar-refractivity contribution < 1.29 is 13.2 Å². The summed E-state index contributed by atoms with van der Waals surface area (Å²) in [5.41, 5.74) is 3.61. The summed E-state index contributed by atoms with van der Waals surface area (Å²) in [6.45, 7) is 5.05. The molecule has 186 valence electrons. The van der Waals surface area contributed by atoms with Gasteiger partial charge in [0.2, 0.25) is 10.0 Å². The topological polar surface area (TPSA) is 76.8 Å². The number of benzene rings is 2. The van der Waals surface area contributed by atoms with Gasteiger partial charge in [0, 0.05) is 36.4 Å². The molecule has 2 unspecified atom stereocenters. The monoisotopic (exact) mass is 520 g/mol. The van der Waals surface area contributed by atoms with Crippen LogP contribution in [0.5, 0.6) is 0 Å². The fourth-order valence-corrected chi connectivity index (χ4v) is 6.95. The van der Waals surface area contributed by atoms with Crippen molar-refractivity contribution in [1.29, 1.82) is 0 Å². The molecule has 2 aromatic heterocycles. The lowest BCUT2D eigenvalue weighted by atomic mass is 10.1. The number of sulfonamides is 1. The van der Waals surface area contributed by atoms with Gasteiger partial charge in [0.25, 0.3) is 0 Å². The largest absolute Gasteiger partial charge is 0.373 e. The summed E-state index contributed by atoms with van der Waals surface area (Å²) in [7, 11) is -3.66. The number of morpholine rings is 1. The number of hydrogen-bond donors (Lipinski definition) is 0. The van der Waals surface area contributed by atoms with E-state index in [1.165, 1.54) is 15.6 Å². The lowest BCUT2D eigenvalue weighted by molar-refractivity contribution is -0.0440. The van der Waals surface area contributed by atoms with Crippen LogP contribution in [-0.4, -0.2) is 47.6 Å². The van der Waals surface area contributed by atoms with E-state index in [1.807, 2.05) is 74.0 Å². The minimum Gasteiger partial charge on any atom is -0.373 e. The van der Waals surface area contributed by atoms with Crippen LogP contribution in [0.2, 0.25) is 0 Å². The molecule has 0 amide bonds. The van der Waals surface area contributed by atoms with Crippen molar-refractivity contribution in [2.75, 3.05) is 13.1 Å². The Bertz CT molecular complexity index is 1490. The Morgan fingerprint density at radius 3 is 2.53 bits per heavy atom. The van der Waals surface area contributed by atoms with E-state index in [0.29, 0.717) is 19.6 Å². The van der Waals surface area contributed by atoms with Gasteiger partial charge in [-0.2, -0.15) is 4.31 Å². The van der Waals surface area contributed by atoms with Gasteiger partial charge in [0.1, 0.15) is 0 Å². The molecule has 1 aliphatic heterocycles. The van der Waals surface area contributed by atoms with Crippen molar-refractivity contribution in [3.05, 3.63) is 94.9 Å². The second-order valence-corrected chi connectivity index (χ2v) is 11.7. The molecule has 5 rings (SSSR count). The highest BCUT2D eigenvalue weighted by molar-refractivity contribution is 7.89. The van der Waals surface area contributed by atoms with E-state index in [-0.39, 0.29) is 17.1 Å². The molecule has 1 fully saturated rings. The minimum absolute atomic E-state index is 0.146. The molecule has 0 saturated carbocycles. The number of aromatic nitrogens is 2. The van der Waals surface area contributed by atoms with Gasteiger partial charge in [-0.1, -0.05) is 36.4 Å². The van der Waals surface area contributed by atoms with Crippen LogP contribution >= 0.6 is 11.3 Å². The number of para-hydroxylation sites is 1. The van der Waals surface area contributed by atoms with Crippen molar-refractivity contribution in [2.24, 2.45) is 4.99 Å². The van der Waals surface area contributed by atoms with E-state index in [9.17, 15) is 8.42 Å². The van der Waals surface area contributed by atoms with Crippen molar-refractivity contribution in [2.45, 2.75) is 37.5 Å². The number of ether oxygens (including phenoxy) is 1. The van der Waals surface area contributed by atoms with Gasteiger partial charge in [-0.15, -0.1) is 11.3 Å². The summed E-state index contributed by atoms with van der Waals surface area (Å²) >= 11 is 1.53. The zero-order valence-electron chi connectivity index (χ0n) is 20.2. The van der Waals surface area contributed by atoms with Gasteiger partial charge in [-0.25, -0.2) is 13.4 Å². The number of thiazole rings is 1. The predicted octanol–water partition coefficient (Wildman–Crippen LogP) is 4.69. The van der Waals surface area contributed by atoms with E-state index >= 15 is 0 Å². The molecule has 0 N–H and O–H groups in total. The second kappa shape index (κ2) is 10.5. The van der Waals surface area contributed by atoms with Crippen LogP contribution in [0.15, 0.2) is 94.4 Å². The Labute approximate surface area is 215 Å². The predicted molar refractivity (Wildman–Crippen MR) is 142 cm³/mol. The van der Waals surface area contributed by atoms with Crippen LogP contribution in [0.4, 0.5) is 5.69 Å². The highest BCUT2D eigenvalue weighted by Gasteiger charge is 2.32. The van der Waals surface area contributed by atoms with Crippen LogP contribution in [-0.2, 0) is 21.3 Å². The zero-order valence-corrected chi connectivity index (χ0v) is 21.8. The molecule has 36 heavy (non-hydrogen) atoms. The highest BCUT2D eigenvalue weighted by atomic mass is 32.2. The van der Waals surface area contributed by atoms with Crippen LogP contribution < -0.4 is 4.80 Å². The first-order valence-electron chi connectivity index (χ1n) is 11.8. The van der Waals surface area contributed by atoms with Gasteiger partial charge in [0.15, 0.2) is 4.80 Å². The molecule has 0 radical (unpaired) electrons. The number of nitrogens with zero attached hydrogens (tertiary/aromatic N) is 4. The van der Waals surface area contributed by atoms with Crippen molar-refractivity contribution >= 4 is 27.0 Å². The van der Waals surface area contributed by atoms with Crippen LogP contribution in [0, 0.1) is 0 Å². The highest BCUT2D eigenvalue weighted by Crippen LogP contribution is 2.27. The summed E-state index contributed by atoms with van der Waals surface area (Å²) in [6.07, 6.45) is 3.29.